The first-order chi connectivity index (χ1) is 13.1. The van der Waals surface area contributed by atoms with E-state index in [2.05, 4.69) is 0 Å². The van der Waals surface area contributed by atoms with Crippen molar-refractivity contribution in [1.82, 2.24) is 4.31 Å². The summed E-state index contributed by atoms with van der Waals surface area (Å²) < 4.78 is 92.8. The molecule has 0 aliphatic carbocycles. The van der Waals surface area contributed by atoms with E-state index in [1.165, 1.54) is 11.8 Å². The molecule has 1 heterocycles. The van der Waals surface area contributed by atoms with Crippen LogP contribution >= 0.6 is 11.8 Å². The zero-order chi connectivity index (χ0) is 20.5. The van der Waals surface area contributed by atoms with Gasteiger partial charge in [-0.2, -0.15) is 29.2 Å². The van der Waals surface area contributed by atoms with Crippen LogP contribution < -0.4 is 0 Å². The normalized spacial score (nSPS) is 19.4. The molecule has 1 aliphatic heterocycles. The highest BCUT2D eigenvalue weighted by molar-refractivity contribution is 7.99. The lowest BCUT2D eigenvalue weighted by atomic mass is 10.1. The SMILES string of the molecule is O=S(=O)(c1cccc(C(F)(F)F)c1)N1CCSC(c2cc(F)ccc2F)CC1. The Bertz CT molecular complexity index is 963. The Balaban J connectivity index is 1.82. The number of halogens is 5. The molecule has 1 unspecified atom stereocenters. The lowest BCUT2D eigenvalue weighted by Crippen LogP contribution is -2.33. The molecule has 10 heteroatoms. The van der Waals surface area contributed by atoms with E-state index in [4.69, 9.17) is 0 Å². The van der Waals surface area contributed by atoms with E-state index < -0.39 is 43.5 Å². The molecule has 0 saturated carbocycles. The highest BCUT2D eigenvalue weighted by Gasteiger charge is 2.34. The minimum Gasteiger partial charge on any atom is -0.207 e. The van der Waals surface area contributed by atoms with E-state index in [9.17, 15) is 30.4 Å². The fourth-order valence-electron chi connectivity index (χ4n) is 2.98. The second-order valence-corrected chi connectivity index (χ2v) is 9.49. The van der Waals surface area contributed by atoms with Crippen molar-refractivity contribution in [2.75, 3.05) is 18.8 Å². The number of alkyl halides is 3. The molecule has 0 bridgehead atoms. The number of hydrogen-bond donors (Lipinski definition) is 0. The van der Waals surface area contributed by atoms with Crippen molar-refractivity contribution in [3.63, 3.8) is 0 Å². The molecule has 2 aromatic carbocycles. The molecule has 2 aromatic rings. The lowest BCUT2D eigenvalue weighted by Gasteiger charge is -2.20. The molecule has 3 rings (SSSR count). The van der Waals surface area contributed by atoms with E-state index in [1.54, 1.807) is 0 Å². The van der Waals surface area contributed by atoms with Crippen molar-refractivity contribution in [2.24, 2.45) is 0 Å². The van der Waals surface area contributed by atoms with Gasteiger partial charge in [0.05, 0.1) is 10.5 Å². The molecule has 0 spiro atoms. The maximum absolute atomic E-state index is 14.0. The van der Waals surface area contributed by atoms with Crippen molar-refractivity contribution >= 4 is 21.8 Å². The summed E-state index contributed by atoms with van der Waals surface area (Å²) in [5, 5.41) is -0.447. The van der Waals surface area contributed by atoms with Crippen molar-refractivity contribution in [1.29, 1.82) is 0 Å². The summed E-state index contributed by atoms with van der Waals surface area (Å²) in [5.74, 6) is -0.860. The minimum absolute atomic E-state index is 0.00774. The zero-order valence-electron chi connectivity index (χ0n) is 14.4. The van der Waals surface area contributed by atoms with Crippen LogP contribution in [0.4, 0.5) is 22.0 Å². The van der Waals surface area contributed by atoms with Crippen molar-refractivity contribution < 1.29 is 30.4 Å². The first-order valence-electron chi connectivity index (χ1n) is 8.33. The minimum atomic E-state index is -4.65. The smallest absolute Gasteiger partial charge is 0.207 e. The summed E-state index contributed by atoms with van der Waals surface area (Å²) >= 11 is 1.29. The van der Waals surface area contributed by atoms with Gasteiger partial charge in [0.25, 0.3) is 0 Å². The second kappa shape index (κ2) is 8.00. The van der Waals surface area contributed by atoms with Gasteiger partial charge in [0, 0.05) is 29.7 Å². The summed E-state index contributed by atoms with van der Waals surface area (Å²) in [6.45, 7) is 0.0584. The maximum atomic E-state index is 14.0. The number of rotatable bonds is 3. The standard InChI is InChI=1S/C18H16F5NO2S2/c19-13-4-5-16(20)15(11-13)17-6-7-24(8-9-27-17)28(25,26)14-3-1-2-12(10-14)18(21,22)23/h1-5,10-11,17H,6-9H2. The van der Waals surface area contributed by atoms with Gasteiger partial charge in [0.2, 0.25) is 10.0 Å². The number of sulfonamides is 1. The predicted octanol–water partition coefficient (Wildman–Crippen LogP) is 4.85. The van der Waals surface area contributed by atoms with Crippen LogP contribution in [0.2, 0.25) is 0 Å². The van der Waals surface area contributed by atoms with Crippen LogP contribution in [-0.2, 0) is 16.2 Å². The number of benzene rings is 2. The van der Waals surface area contributed by atoms with Gasteiger partial charge in [-0.05, 0) is 42.8 Å². The van der Waals surface area contributed by atoms with Crippen LogP contribution in [0.5, 0.6) is 0 Å². The second-order valence-electron chi connectivity index (χ2n) is 6.24. The summed E-state index contributed by atoms with van der Waals surface area (Å²) in [6, 6.07) is 6.69. The molecule has 0 aromatic heterocycles. The molecule has 1 aliphatic rings. The summed E-state index contributed by atoms with van der Waals surface area (Å²) in [4.78, 5) is -0.442. The fourth-order valence-corrected chi connectivity index (χ4v) is 5.84. The largest absolute Gasteiger partial charge is 0.416 e. The third kappa shape index (κ3) is 4.49. The van der Waals surface area contributed by atoms with Crippen LogP contribution in [0.15, 0.2) is 47.4 Å². The van der Waals surface area contributed by atoms with Gasteiger partial charge in [0.15, 0.2) is 0 Å². The van der Waals surface area contributed by atoms with Gasteiger partial charge >= 0.3 is 6.18 Å². The Morgan fingerprint density at radius 1 is 1.04 bits per heavy atom. The van der Waals surface area contributed by atoms with Gasteiger partial charge in [0.1, 0.15) is 11.6 Å². The van der Waals surface area contributed by atoms with Crippen LogP contribution in [-0.4, -0.2) is 31.6 Å². The van der Waals surface area contributed by atoms with E-state index in [1.807, 2.05) is 0 Å². The van der Waals surface area contributed by atoms with Gasteiger partial charge in [-0.15, -0.1) is 0 Å². The molecule has 1 atom stereocenters. The van der Waals surface area contributed by atoms with Crippen LogP contribution in [0.3, 0.4) is 0 Å². The molecule has 0 N–H and O–H groups in total. The molecule has 1 saturated heterocycles. The van der Waals surface area contributed by atoms with Crippen molar-refractivity contribution in [3.8, 4) is 0 Å². The lowest BCUT2D eigenvalue weighted by molar-refractivity contribution is -0.137. The van der Waals surface area contributed by atoms with E-state index in [0.717, 1.165) is 40.7 Å². The molecule has 0 radical (unpaired) electrons. The van der Waals surface area contributed by atoms with Crippen molar-refractivity contribution in [2.45, 2.75) is 22.7 Å². The number of thioether (sulfide) groups is 1. The van der Waals surface area contributed by atoms with E-state index in [0.29, 0.717) is 11.8 Å². The van der Waals surface area contributed by atoms with Crippen LogP contribution in [0.1, 0.15) is 22.8 Å². The van der Waals surface area contributed by atoms with Gasteiger partial charge in [-0.25, -0.2) is 17.2 Å². The van der Waals surface area contributed by atoms with Gasteiger partial charge in [-0.3, -0.25) is 0 Å². The Labute approximate surface area is 163 Å². The zero-order valence-corrected chi connectivity index (χ0v) is 16.1. The Morgan fingerprint density at radius 3 is 2.50 bits per heavy atom. The Kier molecular flexibility index (Phi) is 6.02. The average Bonchev–Trinajstić information content (AvgIpc) is 2.90. The molecule has 1 fully saturated rings. The quantitative estimate of drug-likeness (QED) is 0.644. The highest BCUT2D eigenvalue weighted by Crippen LogP contribution is 2.37. The number of nitrogens with zero attached hydrogens (tertiary/aromatic N) is 1. The Morgan fingerprint density at radius 2 is 1.79 bits per heavy atom. The molecule has 0 amide bonds. The Hall–Kier alpha value is -1.65. The maximum Gasteiger partial charge on any atom is 0.416 e. The topological polar surface area (TPSA) is 37.4 Å². The molecule has 28 heavy (non-hydrogen) atoms. The predicted molar refractivity (Wildman–Crippen MR) is 96.4 cm³/mol. The third-order valence-corrected chi connectivity index (χ3v) is 7.61. The fraction of sp³-hybridized carbons (Fsp3) is 0.333. The average molecular weight is 437 g/mol. The molecule has 3 nitrogen and oxygen atoms in total. The highest BCUT2D eigenvalue weighted by atomic mass is 32.2. The van der Waals surface area contributed by atoms with Crippen LogP contribution in [0, 0.1) is 11.6 Å². The molecule has 152 valence electrons. The third-order valence-electron chi connectivity index (χ3n) is 4.40. The van der Waals surface area contributed by atoms with Gasteiger partial charge in [-0.1, -0.05) is 6.07 Å². The summed E-state index contributed by atoms with van der Waals surface area (Å²) in [6.07, 6.45) is -4.44. The monoisotopic (exact) mass is 437 g/mol. The first kappa shape index (κ1) is 21.1. The number of hydrogen-bond acceptors (Lipinski definition) is 3. The van der Waals surface area contributed by atoms with Gasteiger partial charge < -0.3 is 0 Å². The van der Waals surface area contributed by atoms with Crippen molar-refractivity contribution in [3.05, 3.63) is 65.2 Å². The molecular formula is C18H16F5NO2S2. The van der Waals surface area contributed by atoms with E-state index >= 15 is 0 Å². The summed E-state index contributed by atoms with van der Waals surface area (Å²) in [5.41, 5.74) is -0.888. The van der Waals surface area contributed by atoms with Crippen LogP contribution in [0.25, 0.3) is 0 Å². The first-order valence-corrected chi connectivity index (χ1v) is 10.8. The molecular weight excluding hydrogens is 421 g/mol. The van der Waals surface area contributed by atoms with E-state index in [-0.39, 0.29) is 25.1 Å². The summed E-state index contributed by atoms with van der Waals surface area (Å²) in [7, 11) is -4.14.